The summed E-state index contributed by atoms with van der Waals surface area (Å²) in [5.74, 6) is 0.581. The second-order valence-electron chi connectivity index (χ2n) is 6.15. The predicted molar refractivity (Wildman–Crippen MR) is 106 cm³/mol. The Bertz CT molecular complexity index is 1170. The quantitative estimate of drug-likeness (QED) is 0.651. The van der Waals surface area contributed by atoms with Gasteiger partial charge in [0.2, 0.25) is 22.5 Å². The average Bonchev–Trinajstić information content (AvgIpc) is 3.21. The maximum atomic E-state index is 12.8. The number of fused-ring (bicyclic) bond motifs is 1. The number of hydrogen-bond donors (Lipinski definition) is 1. The summed E-state index contributed by atoms with van der Waals surface area (Å²) in [6.07, 6.45) is 6.31. The van der Waals surface area contributed by atoms with Gasteiger partial charge in [-0.05, 0) is 54.1 Å². The second-order valence-corrected chi connectivity index (χ2v) is 8.10. The molecule has 0 fully saturated rings. The Morgan fingerprint density at radius 3 is 2.52 bits per heavy atom. The number of anilines is 1. The van der Waals surface area contributed by atoms with Gasteiger partial charge in [0, 0.05) is 30.2 Å². The maximum Gasteiger partial charge on any atom is 0.248 e. The lowest BCUT2D eigenvalue weighted by Crippen LogP contribution is -2.08. The monoisotopic (exact) mass is 408 g/mol. The van der Waals surface area contributed by atoms with Crippen LogP contribution >= 0.6 is 0 Å². The van der Waals surface area contributed by atoms with Gasteiger partial charge in [-0.15, -0.1) is 0 Å². The molecule has 0 unspecified atom stereocenters. The molecule has 1 amide bonds. The van der Waals surface area contributed by atoms with Crippen molar-refractivity contribution in [3.05, 3.63) is 78.6 Å². The van der Waals surface area contributed by atoms with E-state index in [1.54, 1.807) is 30.6 Å². The number of nitrogens with zero attached hydrogens (tertiary/aromatic N) is 1. The van der Waals surface area contributed by atoms with Crippen LogP contribution in [-0.2, 0) is 14.6 Å². The number of hydrogen-bond acceptors (Lipinski definition) is 6. The first-order chi connectivity index (χ1) is 14.0. The molecule has 0 radical (unpaired) electrons. The molecule has 146 valence electrons. The molecule has 1 aromatic heterocycles. The summed E-state index contributed by atoms with van der Waals surface area (Å²) in [5, 5.41) is 2.69. The fourth-order valence-electron chi connectivity index (χ4n) is 2.73. The first-order valence-electron chi connectivity index (χ1n) is 8.66. The van der Waals surface area contributed by atoms with Crippen LogP contribution in [0.25, 0.3) is 6.08 Å². The third-order valence-electron chi connectivity index (χ3n) is 4.20. The van der Waals surface area contributed by atoms with Gasteiger partial charge in [0.05, 0.1) is 9.79 Å². The van der Waals surface area contributed by atoms with E-state index < -0.39 is 9.84 Å². The number of sulfone groups is 1. The molecule has 7 nitrogen and oxygen atoms in total. The lowest BCUT2D eigenvalue weighted by Gasteiger charge is -2.07. The standard InChI is InChI=1S/C21H16N2O5S/c24-21(10-3-15-2-1-11-22-13-15)23-16-4-6-17(7-5-16)29(25,26)18-8-9-19-20(12-18)28-14-27-19/h1-13H,14H2,(H,23,24). The van der Waals surface area contributed by atoms with E-state index in [0.29, 0.717) is 17.2 Å². The Morgan fingerprint density at radius 1 is 1.00 bits per heavy atom. The number of amides is 1. The number of pyridine rings is 1. The number of rotatable bonds is 5. The summed E-state index contributed by atoms with van der Waals surface area (Å²) >= 11 is 0. The molecular formula is C21H16N2O5S. The van der Waals surface area contributed by atoms with Crippen molar-refractivity contribution < 1.29 is 22.7 Å². The number of aromatic nitrogens is 1. The van der Waals surface area contributed by atoms with E-state index in [-0.39, 0.29) is 22.5 Å². The van der Waals surface area contributed by atoms with Gasteiger partial charge in [-0.25, -0.2) is 8.42 Å². The number of benzene rings is 2. The lowest BCUT2D eigenvalue weighted by atomic mass is 10.2. The molecule has 29 heavy (non-hydrogen) atoms. The third-order valence-corrected chi connectivity index (χ3v) is 5.97. The van der Waals surface area contributed by atoms with E-state index in [0.717, 1.165) is 5.56 Å². The predicted octanol–water partition coefficient (Wildman–Crippen LogP) is 3.30. The number of carbonyl (C=O) groups excluding carboxylic acids is 1. The van der Waals surface area contributed by atoms with Gasteiger partial charge >= 0.3 is 0 Å². The van der Waals surface area contributed by atoms with Gasteiger partial charge in [-0.1, -0.05) is 6.07 Å². The molecule has 0 atom stereocenters. The Balaban J connectivity index is 1.47. The zero-order valence-corrected chi connectivity index (χ0v) is 15.9. The van der Waals surface area contributed by atoms with Crippen LogP contribution < -0.4 is 14.8 Å². The Hall–Kier alpha value is -3.65. The minimum absolute atomic E-state index is 0.0719. The fourth-order valence-corrected chi connectivity index (χ4v) is 4.00. The van der Waals surface area contributed by atoms with Crippen molar-refractivity contribution >= 4 is 27.5 Å². The average molecular weight is 408 g/mol. The molecule has 4 rings (SSSR count). The Kier molecular flexibility index (Phi) is 5.01. The molecule has 0 saturated carbocycles. The number of ether oxygens (including phenoxy) is 2. The van der Waals surface area contributed by atoms with E-state index >= 15 is 0 Å². The van der Waals surface area contributed by atoms with Crippen molar-refractivity contribution in [1.29, 1.82) is 0 Å². The fraction of sp³-hybridized carbons (Fsp3) is 0.0476. The van der Waals surface area contributed by atoms with E-state index in [9.17, 15) is 13.2 Å². The highest BCUT2D eigenvalue weighted by Crippen LogP contribution is 2.35. The molecule has 8 heteroatoms. The minimum atomic E-state index is -3.72. The molecule has 1 aliphatic heterocycles. The van der Waals surface area contributed by atoms with E-state index in [1.165, 1.54) is 42.5 Å². The molecule has 2 heterocycles. The number of nitrogens with one attached hydrogen (secondary N) is 1. The van der Waals surface area contributed by atoms with E-state index in [4.69, 9.17) is 9.47 Å². The molecular weight excluding hydrogens is 392 g/mol. The molecule has 1 N–H and O–H groups in total. The first-order valence-corrected chi connectivity index (χ1v) is 10.1. The van der Waals surface area contributed by atoms with Crippen molar-refractivity contribution in [2.75, 3.05) is 12.1 Å². The molecule has 2 aromatic carbocycles. The van der Waals surface area contributed by atoms with Crippen LogP contribution in [-0.4, -0.2) is 26.1 Å². The molecule has 0 aliphatic carbocycles. The van der Waals surface area contributed by atoms with Crippen molar-refractivity contribution in [2.24, 2.45) is 0 Å². The van der Waals surface area contributed by atoms with Crippen LogP contribution in [0.3, 0.4) is 0 Å². The molecule has 3 aromatic rings. The highest BCUT2D eigenvalue weighted by Gasteiger charge is 2.22. The highest BCUT2D eigenvalue weighted by molar-refractivity contribution is 7.91. The van der Waals surface area contributed by atoms with Crippen molar-refractivity contribution in [3.63, 3.8) is 0 Å². The lowest BCUT2D eigenvalue weighted by molar-refractivity contribution is -0.111. The Morgan fingerprint density at radius 2 is 1.76 bits per heavy atom. The molecule has 1 aliphatic rings. The van der Waals surface area contributed by atoms with Crippen molar-refractivity contribution in [3.8, 4) is 11.5 Å². The smallest absolute Gasteiger partial charge is 0.248 e. The first kappa shape index (κ1) is 18.7. The van der Waals surface area contributed by atoms with Gasteiger partial charge in [-0.2, -0.15) is 0 Å². The molecule has 0 saturated heterocycles. The SMILES string of the molecule is O=C(C=Cc1cccnc1)Nc1ccc(S(=O)(=O)c2ccc3c(c2)OCO3)cc1. The third kappa shape index (κ3) is 4.12. The highest BCUT2D eigenvalue weighted by atomic mass is 32.2. The van der Waals surface area contributed by atoms with Crippen LogP contribution in [0.15, 0.2) is 82.9 Å². The van der Waals surface area contributed by atoms with Crippen LogP contribution in [0.5, 0.6) is 11.5 Å². The second kappa shape index (κ2) is 7.76. The van der Waals surface area contributed by atoms with Gasteiger partial charge < -0.3 is 14.8 Å². The van der Waals surface area contributed by atoms with Gasteiger partial charge in [0.15, 0.2) is 11.5 Å². The summed E-state index contributed by atoms with van der Waals surface area (Å²) in [6.45, 7) is 0.0719. The van der Waals surface area contributed by atoms with Gasteiger partial charge in [0.1, 0.15) is 0 Å². The summed E-state index contributed by atoms with van der Waals surface area (Å²) in [4.78, 5) is 16.2. The largest absolute Gasteiger partial charge is 0.454 e. The van der Waals surface area contributed by atoms with Gasteiger partial charge in [-0.3, -0.25) is 9.78 Å². The van der Waals surface area contributed by atoms with E-state index in [2.05, 4.69) is 10.3 Å². The van der Waals surface area contributed by atoms with Gasteiger partial charge in [0.25, 0.3) is 0 Å². The van der Waals surface area contributed by atoms with Crippen molar-refractivity contribution in [1.82, 2.24) is 4.98 Å². The van der Waals surface area contributed by atoms with Crippen LogP contribution in [0.2, 0.25) is 0 Å². The van der Waals surface area contributed by atoms with Crippen molar-refractivity contribution in [2.45, 2.75) is 9.79 Å². The zero-order valence-electron chi connectivity index (χ0n) is 15.1. The van der Waals surface area contributed by atoms with Crippen LogP contribution in [0, 0.1) is 0 Å². The minimum Gasteiger partial charge on any atom is -0.454 e. The maximum absolute atomic E-state index is 12.8. The topological polar surface area (TPSA) is 94.6 Å². The Labute approximate surface area is 167 Å². The molecule has 0 spiro atoms. The molecule has 0 bridgehead atoms. The summed E-state index contributed by atoms with van der Waals surface area (Å²) in [5.41, 5.74) is 1.28. The number of carbonyl (C=O) groups is 1. The zero-order chi connectivity index (χ0) is 20.3. The summed E-state index contributed by atoms with van der Waals surface area (Å²) in [7, 11) is -3.72. The normalized spacial score (nSPS) is 12.8. The van der Waals surface area contributed by atoms with E-state index in [1.807, 2.05) is 6.07 Å². The summed E-state index contributed by atoms with van der Waals surface area (Å²) in [6, 6.07) is 14.0. The van der Waals surface area contributed by atoms with Crippen LogP contribution in [0.1, 0.15) is 5.56 Å². The summed E-state index contributed by atoms with van der Waals surface area (Å²) < 4.78 is 36.1. The van der Waals surface area contributed by atoms with Crippen LogP contribution in [0.4, 0.5) is 5.69 Å².